The molecule has 0 bridgehead atoms. The monoisotopic (exact) mass is 250 g/mol. The lowest BCUT2D eigenvalue weighted by molar-refractivity contribution is 0.0397. The molecule has 100 valence electrons. The summed E-state index contributed by atoms with van der Waals surface area (Å²) in [6.45, 7) is 13.9. The van der Waals surface area contributed by atoms with Crippen LogP contribution in [-0.2, 0) is 6.54 Å². The molecule has 2 atom stereocenters. The van der Waals surface area contributed by atoms with Crippen LogP contribution in [0.3, 0.4) is 0 Å². The van der Waals surface area contributed by atoms with Crippen LogP contribution in [0.2, 0.25) is 0 Å². The summed E-state index contributed by atoms with van der Waals surface area (Å²) in [4.78, 5) is 4.85. The van der Waals surface area contributed by atoms with Gasteiger partial charge >= 0.3 is 0 Å². The molecule has 0 spiro atoms. The van der Waals surface area contributed by atoms with Gasteiger partial charge in [-0.05, 0) is 13.8 Å². The van der Waals surface area contributed by atoms with Crippen molar-refractivity contribution in [3.05, 3.63) is 24.4 Å². The number of aryl methyl sites for hydroxylation is 1. The van der Waals surface area contributed by atoms with Crippen molar-refractivity contribution in [1.82, 2.24) is 20.0 Å². The number of hydrogen-bond acceptors (Lipinski definition) is 5. The molecule has 5 nitrogen and oxygen atoms in total. The Morgan fingerprint density at radius 1 is 1.28 bits per heavy atom. The quantitative estimate of drug-likeness (QED) is 0.757. The van der Waals surface area contributed by atoms with Crippen LogP contribution in [0.25, 0.3) is 0 Å². The van der Waals surface area contributed by atoms with Crippen molar-refractivity contribution in [3.8, 4) is 0 Å². The first-order valence-electron chi connectivity index (χ1n) is 6.48. The second-order valence-corrected chi connectivity index (χ2v) is 5.08. The Morgan fingerprint density at radius 2 is 1.94 bits per heavy atom. The SMILES string of the molecule is C=CCN1C[C@@H](C)N(Cc2nnc(C)o2)C[C@H]1C. The summed E-state index contributed by atoms with van der Waals surface area (Å²) in [6, 6.07) is 1.02. The first kappa shape index (κ1) is 13.2. The minimum Gasteiger partial charge on any atom is -0.424 e. The second kappa shape index (κ2) is 5.63. The van der Waals surface area contributed by atoms with Gasteiger partial charge in [-0.3, -0.25) is 9.80 Å². The summed E-state index contributed by atoms with van der Waals surface area (Å²) in [5.74, 6) is 1.35. The fraction of sp³-hybridized carbons (Fsp3) is 0.692. The van der Waals surface area contributed by atoms with Gasteiger partial charge in [-0.1, -0.05) is 6.08 Å². The lowest BCUT2D eigenvalue weighted by Gasteiger charge is -2.43. The van der Waals surface area contributed by atoms with Crippen molar-refractivity contribution < 1.29 is 4.42 Å². The Balaban J connectivity index is 1.96. The summed E-state index contributed by atoms with van der Waals surface area (Å²) in [7, 11) is 0. The van der Waals surface area contributed by atoms with Crippen molar-refractivity contribution in [3.63, 3.8) is 0 Å². The highest BCUT2D eigenvalue weighted by molar-refractivity contribution is 4.90. The van der Waals surface area contributed by atoms with Gasteiger partial charge < -0.3 is 4.42 Å². The first-order valence-corrected chi connectivity index (χ1v) is 6.48. The first-order chi connectivity index (χ1) is 8.60. The van der Waals surface area contributed by atoms with Gasteiger partial charge in [-0.25, -0.2) is 0 Å². The molecule has 2 heterocycles. The smallest absolute Gasteiger partial charge is 0.230 e. The van der Waals surface area contributed by atoms with Crippen molar-refractivity contribution in [2.24, 2.45) is 0 Å². The van der Waals surface area contributed by atoms with E-state index in [4.69, 9.17) is 4.42 Å². The number of rotatable bonds is 4. The van der Waals surface area contributed by atoms with E-state index < -0.39 is 0 Å². The highest BCUT2D eigenvalue weighted by atomic mass is 16.4. The Kier molecular flexibility index (Phi) is 4.14. The van der Waals surface area contributed by atoms with Crippen LogP contribution in [0.5, 0.6) is 0 Å². The molecule has 18 heavy (non-hydrogen) atoms. The van der Waals surface area contributed by atoms with Crippen molar-refractivity contribution in [2.75, 3.05) is 19.6 Å². The van der Waals surface area contributed by atoms with Gasteiger partial charge in [0.2, 0.25) is 11.8 Å². The molecule has 0 amide bonds. The number of nitrogens with zero attached hydrogens (tertiary/aromatic N) is 4. The van der Waals surface area contributed by atoms with Crippen LogP contribution < -0.4 is 0 Å². The zero-order valence-electron chi connectivity index (χ0n) is 11.5. The number of aromatic nitrogens is 2. The molecule has 0 aromatic carbocycles. The molecule has 1 aromatic heterocycles. The maximum absolute atomic E-state index is 5.45. The van der Waals surface area contributed by atoms with Crippen molar-refractivity contribution in [1.29, 1.82) is 0 Å². The van der Waals surface area contributed by atoms with E-state index >= 15 is 0 Å². The average molecular weight is 250 g/mol. The van der Waals surface area contributed by atoms with Gasteiger partial charge in [0.1, 0.15) is 0 Å². The molecule has 0 radical (unpaired) electrons. The maximum Gasteiger partial charge on any atom is 0.230 e. The molecule has 0 aliphatic carbocycles. The van der Waals surface area contributed by atoms with Gasteiger partial charge in [0.05, 0.1) is 6.54 Å². The highest BCUT2D eigenvalue weighted by Crippen LogP contribution is 2.17. The van der Waals surface area contributed by atoms with Gasteiger partial charge in [-0.2, -0.15) is 0 Å². The predicted molar refractivity (Wildman–Crippen MR) is 70.1 cm³/mol. The van der Waals surface area contributed by atoms with Crippen LogP contribution in [-0.4, -0.2) is 51.7 Å². The fourth-order valence-corrected chi connectivity index (χ4v) is 2.49. The standard InChI is InChI=1S/C13H22N4O/c1-5-6-16-7-11(3)17(8-10(16)2)9-13-15-14-12(4)18-13/h5,10-11H,1,6-9H2,2-4H3/t10-,11-/m1/s1. The molecular formula is C13H22N4O. The van der Waals surface area contributed by atoms with Crippen LogP contribution in [0.15, 0.2) is 17.1 Å². The minimum atomic E-state index is 0.494. The van der Waals surface area contributed by atoms with E-state index in [0.29, 0.717) is 23.9 Å². The van der Waals surface area contributed by atoms with Gasteiger partial charge in [-0.15, -0.1) is 16.8 Å². The van der Waals surface area contributed by atoms with Gasteiger partial charge in [0, 0.05) is 38.6 Å². The normalized spacial score (nSPS) is 26.4. The van der Waals surface area contributed by atoms with Gasteiger partial charge in [0.25, 0.3) is 0 Å². The Morgan fingerprint density at radius 3 is 2.56 bits per heavy atom. The molecule has 1 fully saturated rings. The molecule has 0 unspecified atom stereocenters. The van der Waals surface area contributed by atoms with E-state index in [-0.39, 0.29) is 0 Å². The number of hydrogen-bond donors (Lipinski definition) is 0. The topological polar surface area (TPSA) is 45.4 Å². The predicted octanol–water partition coefficient (Wildman–Crippen LogP) is 1.46. The third-order valence-corrected chi connectivity index (χ3v) is 3.51. The average Bonchev–Trinajstić information content (AvgIpc) is 2.71. The lowest BCUT2D eigenvalue weighted by atomic mass is 10.1. The largest absolute Gasteiger partial charge is 0.424 e. The summed E-state index contributed by atoms with van der Waals surface area (Å²) in [5, 5.41) is 7.94. The van der Waals surface area contributed by atoms with E-state index in [0.717, 1.165) is 26.2 Å². The molecule has 1 aliphatic heterocycles. The summed E-state index contributed by atoms with van der Waals surface area (Å²) >= 11 is 0. The molecule has 0 N–H and O–H groups in total. The van der Waals surface area contributed by atoms with E-state index in [2.05, 4.69) is 40.4 Å². The molecule has 0 saturated carbocycles. The summed E-state index contributed by atoms with van der Waals surface area (Å²) in [5.41, 5.74) is 0. The van der Waals surface area contributed by atoms with E-state index in [1.807, 2.05) is 13.0 Å². The number of piperazine rings is 1. The Hall–Kier alpha value is -1.20. The van der Waals surface area contributed by atoms with E-state index in [1.165, 1.54) is 0 Å². The molecule has 1 aliphatic rings. The third kappa shape index (κ3) is 2.97. The summed E-state index contributed by atoms with van der Waals surface area (Å²) in [6.07, 6.45) is 1.97. The fourth-order valence-electron chi connectivity index (χ4n) is 2.49. The van der Waals surface area contributed by atoms with Crippen molar-refractivity contribution in [2.45, 2.75) is 39.4 Å². The Bertz CT molecular complexity index is 403. The molecule has 5 heteroatoms. The molecule has 1 saturated heterocycles. The third-order valence-electron chi connectivity index (χ3n) is 3.51. The minimum absolute atomic E-state index is 0.494. The zero-order chi connectivity index (χ0) is 13.1. The van der Waals surface area contributed by atoms with Crippen LogP contribution in [0.4, 0.5) is 0 Å². The van der Waals surface area contributed by atoms with E-state index in [1.54, 1.807) is 0 Å². The molecule has 2 rings (SSSR count). The zero-order valence-corrected chi connectivity index (χ0v) is 11.5. The Labute approximate surface area is 108 Å². The molecular weight excluding hydrogens is 228 g/mol. The van der Waals surface area contributed by atoms with Crippen LogP contribution in [0.1, 0.15) is 25.6 Å². The highest BCUT2D eigenvalue weighted by Gasteiger charge is 2.29. The van der Waals surface area contributed by atoms with Gasteiger partial charge in [0.15, 0.2) is 0 Å². The maximum atomic E-state index is 5.45. The van der Waals surface area contributed by atoms with Crippen molar-refractivity contribution >= 4 is 0 Å². The molecule has 1 aromatic rings. The lowest BCUT2D eigenvalue weighted by Crippen LogP contribution is -2.55. The second-order valence-electron chi connectivity index (χ2n) is 5.08. The van der Waals surface area contributed by atoms with Crippen LogP contribution >= 0.6 is 0 Å². The summed E-state index contributed by atoms with van der Waals surface area (Å²) < 4.78 is 5.45. The van der Waals surface area contributed by atoms with Crippen LogP contribution in [0, 0.1) is 6.92 Å². The van der Waals surface area contributed by atoms with E-state index in [9.17, 15) is 0 Å².